The molecule has 0 radical (unpaired) electrons. The number of benzene rings is 1. The third kappa shape index (κ3) is 6.63. The van der Waals surface area contributed by atoms with Gasteiger partial charge in [0.1, 0.15) is 11.9 Å². The van der Waals surface area contributed by atoms with Crippen LogP contribution in [0.4, 0.5) is 0 Å². The van der Waals surface area contributed by atoms with Crippen molar-refractivity contribution in [2.45, 2.75) is 53.1 Å². The van der Waals surface area contributed by atoms with E-state index in [2.05, 4.69) is 57.3 Å². The van der Waals surface area contributed by atoms with Crippen LogP contribution in [0.15, 0.2) is 24.3 Å². The Hall–Kier alpha value is -1.02. The van der Waals surface area contributed by atoms with Crippen molar-refractivity contribution in [3.8, 4) is 5.75 Å². The Morgan fingerprint density at radius 3 is 2.26 bits per heavy atom. The molecular formula is C17H29NO. The van der Waals surface area contributed by atoms with Crippen LogP contribution in [0.2, 0.25) is 0 Å². The van der Waals surface area contributed by atoms with Gasteiger partial charge >= 0.3 is 0 Å². The van der Waals surface area contributed by atoms with E-state index in [4.69, 9.17) is 4.74 Å². The Morgan fingerprint density at radius 1 is 1.05 bits per heavy atom. The Balaban J connectivity index is 2.46. The molecule has 0 saturated carbocycles. The summed E-state index contributed by atoms with van der Waals surface area (Å²) in [5.41, 5.74) is 1.36. The van der Waals surface area contributed by atoms with E-state index in [9.17, 15) is 0 Å². The van der Waals surface area contributed by atoms with Crippen LogP contribution in [0.5, 0.6) is 5.75 Å². The van der Waals surface area contributed by atoms with Gasteiger partial charge in [0, 0.05) is 6.54 Å². The van der Waals surface area contributed by atoms with Gasteiger partial charge in [-0.15, -0.1) is 0 Å². The Bertz CT molecular complexity index is 332. The smallest absolute Gasteiger partial charge is 0.119 e. The molecule has 0 fully saturated rings. The highest BCUT2D eigenvalue weighted by Crippen LogP contribution is 2.15. The van der Waals surface area contributed by atoms with Gasteiger partial charge in [-0.2, -0.15) is 0 Å². The molecule has 1 rings (SSSR count). The van der Waals surface area contributed by atoms with Crippen LogP contribution >= 0.6 is 0 Å². The van der Waals surface area contributed by atoms with Gasteiger partial charge in [-0.05, 0) is 43.0 Å². The molecule has 0 heterocycles. The summed E-state index contributed by atoms with van der Waals surface area (Å²) in [4.78, 5) is 0. The molecule has 2 nitrogen and oxygen atoms in total. The molecule has 0 aliphatic rings. The third-order valence-corrected chi connectivity index (χ3v) is 3.17. The molecule has 19 heavy (non-hydrogen) atoms. The molecule has 1 N–H and O–H groups in total. The SMILES string of the molecule is CCCC(CNCC(C)C)Oc1ccc(CC)cc1. The Kier molecular flexibility index (Phi) is 7.57. The molecule has 0 spiro atoms. The van der Waals surface area contributed by atoms with Crippen molar-refractivity contribution in [3.05, 3.63) is 29.8 Å². The molecule has 0 aliphatic heterocycles. The number of hydrogen-bond donors (Lipinski definition) is 1. The highest BCUT2D eigenvalue weighted by atomic mass is 16.5. The zero-order valence-corrected chi connectivity index (χ0v) is 12.9. The Morgan fingerprint density at radius 2 is 1.74 bits per heavy atom. The zero-order chi connectivity index (χ0) is 14.1. The number of hydrogen-bond acceptors (Lipinski definition) is 2. The lowest BCUT2D eigenvalue weighted by Crippen LogP contribution is -2.33. The standard InChI is InChI=1S/C17H29NO/c1-5-7-17(13-18-12-14(3)4)19-16-10-8-15(6-2)9-11-16/h8-11,14,17-18H,5-7,12-13H2,1-4H3. The van der Waals surface area contributed by atoms with E-state index in [1.165, 1.54) is 5.56 Å². The van der Waals surface area contributed by atoms with Crippen LogP contribution in [-0.2, 0) is 6.42 Å². The third-order valence-electron chi connectivity index (χ3n) is 3.17. The average molecular weight is 263 g/mol. The molecule has 108 valence electrons. The summed E-state index contributed by atoms with van der Waals surface area (Å²) in [6.07, 6.45) is 3.60. The average Bonchev–Trinajstić information content (AvgIpc) is 2.39. The maximum atomic E-state index is 6.07. The van der Waals surface area contributed by atoms with E-state index in [1.807, 2.05) is 0 Å². The monoisotopic (exact) mass is 263 g/mol. The first-order valence-electron chi connectivity index (χ1n) is 7.62. The van der Waals surface area contributed by atoms with Gasteiger partial charge in [0.25, 0.3) is 0 Å². The first-order chi connectivity index (χ1) is 9.15. The molecule has 0 aromatic heterocycles. The highest BCUT2D eigenvalue weighted by Gasteiger charge is 2.09. The van der Waals surface area contributed by atoms with Gasteiger partial charge in [0.2, 0.25) is 0 Å². The summed E-state index contributed by atoms with van der Waals surface area (Å²) in [7, 11) is 0. The maximum absolute atomic E-state index is 6.07. The topological polar surface area (TPSA) is 21.3 Å². The van der Waals surface area contributed by atoms with E-state index < -0.39 is 0 Å². The van der Waals surface area contributed by atoms with Gasteiger partial charge in [-0.25, -0.2) is 0 Å². The molecule has 0 bridgehead atoms. The molecule has 0 aliphatic carbocycles. The van der Waals surface area contributed by atoms with Crippen molar-refractivity contribution in [2.75, 3.05) is 13.1 Å². The van der Waals surface area contributed by atoms with Crippen LogP contribution < -0.4 is 10.1 Å². The summed E-state index contributed by atoms with van der Waals surface area (Å²) >= 11 is 0. The predicted octanol–water partition coefficient (Wildman–Crippen LogP) is 4.04. The minimum absolute atomic E-state index is 0.274. The highest BCUT2D eigenvalue weighted by molar-refractivity contribution is 5.27. The van der Waals surface area contributed by atoms with E-state index in [1.54, 1.807) is 0 Å². The molecule has 1 aromatic carbocycles. The normalized spacial score (nSPS) is 12.7. The molecule has 2 heteroatoms. The number of ether oxygens (including phenoxy) is 1. The lowest BCUT2D eigenvalue weighted by Gasteiger charge is -2.20. The molecule has 1 aromatic rings. The van der Waals surface area contributed by atoms with Crippen LogP contribution in [0, 0.1) is 5.92 Å². The largest absolute Gasteiger partial charge is 0.489 e. The van der Waals surface area contributed by atoms with Gasteiger partial charge in [-0.1, -0.05) is 46.2 Å². The second-order valence-corrected chi connectivity index (χ2v) is 5.58. The molecule has 0 amide bonds. The van der Waals surface area contributed by atoms with E-state index in [0.29, 0.717) is 5.92 Å². The molecule has 0 saturated heterocycles. The fourth-order valence-electron chi connectivity index (χ4n) is 2.05. The van der Waals surface area contributed by atoms with Crippen molar-refractivity contribution >= 4 is 0 Å². The van der Waals surface area contributed by atoms with E-state index in [-0.39, 0.29) is 6.10 Å². The maximum Gasteiger partial charge on any atom is 0.119 e. The quantitative estimate of drug-likeness (QED) is 0.726. The number of nitrogens with one attached hydrogen (secondary N) is 1. The summed E-state index contributed by atoms with van der Waals surface area (Å²) < 4.78 is 6.07. The summed E-state index contributed by atoms with van der Waals surface area (Å²) in [5.74, 6) is 1.67. The van der Waals surface area contributed by atoms with Gasteiger partial charge in [-0.3, -0.25) is 0 Å². The number of aryl methyl sites for hydroxylation is 1. The summed E-state index contributed by atoms with van der Waals surface area (Å²) in [6, 6.07) is 8.48. The minimum atomic E-state index is 0.274. The lowest BCUT2D eigenvalue weighted by molar-refractivity contribution is 0.185. The Labute approximate surface area is 118 Å². The van der Waals surface area contributed by atoms with Crippen LogP contribution in [0.1, 0.15) is 46.1 Å². The second kappa shape index (κ2) is 8.98. The van der Waals surface area contributed by atoms with Gasteiger partial charge < -0.3 is 10.1 Å². The zero-order valence-electron chi connectivity index (χ0n) is 12.9. The van der Waals surface area contributed by atoms with Gasteiger partial charge in [0.15, 0.2) is 0 Å². The molecule has 1 unspecified atom stereocenters. The number of rotatable bonds is 9. The van der Waals surface area contributed by atoms with Crippen molar-refractivity contribution in [1.82, 2.24) is 5.32 Å². The van der Waals surface area contributed by atoms with Crippen LogP contribution in [-0.4, -0.2) is 19.2 Å². The van der Waals surface area contributed by atoms with Gasteiger partial charge in [0.05, 0.1) is 0 Å². The van der Waals surface area contributed by atoms with Crippen molar-refractivity contribution in [2.24, 2.45) is 5.92 Å². The fourth-order valence-corrected chi connectivity index (χ4v) is 2.05. The van der Waals surface area contributed by atoms with E-state index in [0.717, 1.165) is 38.1 Å². The van der Waals surface area contributed by atoms with E-state index >= 15 is 0 Å². The first-order valence-corrected chi connectivity index (χ1v) is 7.62. The van der Waals surface area contributed by atoms with Crippen molar-refractivity contribution < 1.29 is 4.74 Å². The summed E-state index contributed by atoms with van der Waals surface area (Å²) in [5, 5.41) is 3.49. The van der Waals surface area contributed by atoms with Crippen LogP contribution in [0.25, 0.3) is 0 Å². The summed E-state index contributed by atoms with van der Waals surface area (Å²) in [6.45, 7) is 10.8. The minimum Gasteiger partial charge on any atom is -0.489 e. The lowest BCUT2D eigenvalue weighted by atomic mass is 10.1. The second-order valence-electron chi connectivity index (χ2n) is 5.58. The van der Waals surface area contributed by atoms with Crippen molar-refractivity contribution in [1.29, 1.82) is 0 Å². The molecular weight excluding hydrogens is 234 g/mol. The fraction of sp³-hybridized carbons (Fsp3) is 0.647. The van der Waals surface area contributed by atoms with Crippen molar-refractivity contribution in [3.63, 3.8) is 0 Å². The molecule has 1 atom stereocenters. The predicted molar refractivity (Wildman–Crippen MR) is 82.9 cm³/mol. The first kappa shape index (κ1) is 16.0. The van der Waals surface area contributed by atoms with Crippen LogP contribution in [0.3, 0.4) is 0 Å².